The van der Waals surface area contributed by atoms with Crippen LogP contribution < -0.4 is 5.32 Å². The summed E-state index contributed by atoms with van der Waals surface area (Å²) in [5, 5.41) is 14.5. The molecule has 1 atom stereocenters. The average molecular weight is 179 g/mol. The van der Waals surface area contributed by atoms with Gasteiger partial charge in [0.25, 0.3) is 5.91 Å². The molecule has 0 aliphatic rings. The van der Waals surface area contributed by atoms with Crippen molar-refractivity contribution in [1.82, 2.24) is 10.5 Å². The quantitative estimate of drug-likeness (QED) is 0.740. The van der Waals surface area contributed by atoms with E-state index in [2.05, 4.69) is 15.0 Å². The lowest BCUT2D eigenvalue weighted by molar-refractivity contribution is 0.0935. The van der Waals surface area contributed by atoms with Gasteiger partial charge in [0.05, 0.1) is 6.07 Å². The fourth-order valence-corrected chi connectivity index (χ4v) is 0.787. The molecule has 0 saturated heterocycles. The molecule has 5 nitrogen and oxygen atoms in total. The van der Waals surface area contributed by atoms with Gasteiger partial charge in [-0.25, -0.2) is 0 Å². The first-order valence-electron chi connectivity index (χ1n) is 3.88. The molecule has 0 spiro atoms. The molecule has 1 heterocycles. The van der Waals surface area contributed by atoms with E-state index in [1.165, 1.54) is 12.3 Å². The summed E-state index contributed by atoms with van der Waals surface area (Å²) < 4.78 is 4.49. The number of carbonyl (C=O) groups is 1. The molecule has 1 N–H and O–H groups in total. The highest BCUT2D eigenvalue weighted by molar-refractivity contribution is 5.92. The highest BCUT2D eigenvalue weighted by Crippen LogP contribution is 1.96. The van der Waals surface area contributed by atoms with Crippen molar-refractivity contribution in [1.29, 1.82) is 5.26 Å². The lowest BCUT2D eigenvalue weighted by Crippen LogP contribution is -2.33. The summed E-state index contributed by atoms with van der Waals surface area (Å²) in [5.41, 5.74) is 0.189. The summed E-state index contributed by atoms with van der Waals surface area (Å²) in [4.78, 5) is 11.2. The van der Waals surface area contributed by atoms with E-state index in [1.807, 2.05) is 13.0 Å². The first-order valence-corrected chi connectivity index (χ1v) is 3.88. The Bertz CT molecular complexity index is 313. The van der Waals surface area contributed by atoms with Gasteiger partial charge in [-0.2, -0.15) is 5.26 Å². The first-order chi connectivity index (χ1) is 6.27. The minimum Gasteiger partial charge on any atom is -0.364 e. The topological polar surface area (TPSA) is 78.9 Å². The SMILES string of the molecule is CCC(C#N)NC(=O)c1ccon1. The summed E-state index contributed by atoms with van der Waals surface area (Å²) in [5.74, 6) is -0.387. The molecule has 5 heteroatoms. The van der Waals surface area contributed by atoms with Gasteiger partial charge in [0.15, 0.2) is 5.69 Å². The predicted molar refractivity (Wildman–Crippen MR) is 43.7 cm³/mol. The number of hydrogen-bond donors (Lipinski definition) is 1. The van der Waals surface area contributed by atoms with Gasteiger partial charge in [-0.15, -0.1) is 0 Å². The van der Waals surface area contributed by atoms with Gasteiger partial charge in [-0.05, 0) is 6.42 Å². The van der Waals surface area contributed by atoms with E-state index in [4.69, 9.17) is 5.26 Å². The van der Waals surface area contributed by atoms with Crippen LogP contribution in [-0.4, -0.2) is 17.1 Å². The summed E-state index contributed by atoms with van der Waals surface area (Å²) in [6.45, 7) is 1.82. The van der Waals surface area contributed by atoms with Crippen molar-refractivity contribution in [2.45, 2.75) is 19.4 Å². The van der Waals surface area contributed by atoms with E-state index in [-0.39, 0.29) is 11.6 Å². The Morgan fingerprint density at radius 2 is 2.69 bits per heavy atom. The number of nitrogens with zero attached hydrogens (tertiary/aromatic N) is 2. The van der Waals surface area contributed by atoms with Gasteiger partial charge in [-0.3, -0.25) is 4.79 Å². The third kappa shape index (κ3) is 2.30. The fourth-order valence-electron chi connectivity index (χ4n) is 0.787. The third-order valence-electron chi connectivity index (χ3n) is 1.54. The van der Waals surface area contributed by atoms with E-state index in [1.54, 1.807) is 0 Å². The maximum atomic E-state index is 11.2. The van der Waals surface area contributed by atoms with Gasteiger partial charge in [-0.1, -0.05) is 12.1 Å². The highest BCUT2D eigenvalue weighted by Gasteiger charge is 2.12. The highest BCUT2D eigenvalue weighted by atomic mass is 16.5. The maximum Gasteiger partial charge on any atom is 0.274 e. The molecule has 1 unspecified atom stereocenters. The van der Waals surface area contributed by atoms with Crippen molar-refractivity contribution in [3.05, 3.63) is 18.0 Å². The molecule has 0 fully saturated rings. The average Bonchev–Trinajstić information content (AvgIpc) is 2.66. The predicted octanol–water partition coefficient (Wildman–Crippen LogP) is 0.707. The van der Waals surface area contributed by atoms with Gasteiger partial charge in [0.1, 0.15) is 12.3 Å². The zero-order chi connectivity index (χ0) is 9.68. The second-order valence-electron chi connectivity index (χ2n) is 2.45. The summed E-state index contributed by atoms with van der Waals surface area (Å²) in [6, 6.07) is 2.93. The smallest absolute Gasteiger partial charge is 0.274 e. The van der Waals surface area contributed by atoms with Gasteiger partial charge >= 0.3 is 0 Å². The van der Waals surface area contributed by atoms with Gasteiger partial charge in [0, 0.05) is 6.07 Å². The van der Waals surface area contributed by atoms with E-state index in [9.17, 15) is 4.79 Å². The normalized spacial score (nSPS) is 11.7. The molecule has 1 rings (SSSR count). The number of carbonyl (C=O) groups excluding carboxylic acids is 1. The standard InChI is InChI=1S/C8H9N3O2/c1-2-6(5-9)10-8(12)7-3-4-13-11-7/h3-4,6H,2H2,1H3,(H,10,12). The first kappa shape index (κ1) is 9.26. The van der Waals surface area contributed by atoms with Crippen LogP contribution in [0.4, 0.5) is 0 Å². The number of amides is 1. The van der Waals surface area contributed by atoms with Crippen molar-refractivity contribution in [3.63, 3.8) is 0 Å². The van der Waals surface area contributed by atoms with Gasteiger partial charge in [0.2, 0.25) is 0 Å². The molecule has 0 aromatic carbocycles. The second-order valence-corrected chi connectivity index (χ2v) is 2.45. The van der Waals surface area contributed by atoms with Gasteiger partial charge < -0.3 is 9.84 Å². The largest absolute Gasteiger partial charge is 0.364 e. The molecular formula is C8H9N3O2. The number of nitrogens with one attached hydrogen (secondary N) is 1. The third-order valence-corrected chi connectivity index (χ3v) is 1.54. The molecule has 0 bridgehead atoms. The number of nitriles is 1. The molecule has 1 aromatic heterocycles. The molecule has 0 aliphatic heterocycles. The minimum atomic E-state index is -0.468. The molecule has 0 saturated carbocycles. The zero-order valence-corrected chi connectivity index (χ0v) is 7.15. The van der Waals surface area contributed by atoms with Crippen molar-refractivity contribution >= 4 is 5.91 Å². The Balaban J connectivity index is 2.57. The van der Waals surface area contributed by atoms with Crippen molar-refractivity contribution in [3.8, 4) is 6.07 Å². The Kier molecular flexibility index (Phi) is 3.03. The van der Waals surface area contributed by atoms with Crippen LogP contribution in [0.5, 0.6) is 0 Å². The van der Waals surface area contributed by atoms with Crippen LogP contribution >= 0.6 is 0 Å². The molecule has 13 heavy (non-hydrogen) atoms. The van der Waals surface area contributed by atoms with Crippen molar-refractivity contribution in [2.24, 2.45) is 0 Å². The van der Waals surface area contributed by atoms with E-state index in [0.29, 0.717) is 6.42 Å². The molecule has 68 valence electrons. The lowest BCUT2D eigenvalue weighted by Gasteiger charge is -2.05. The number of rotatable bonds is 3. The second kappa shape index (κ2) is 4.26. The number of hydrogen-bond acceptors (Lipinski definition) is 4. The molecular weight excluding hydrogens is 170 g/mol. The maximum absolute atomic E-state index is 11.2. The van der Waals surface area contributed by atoms with Crippen molar-refractivity contribution < 1.29 is 9.32 Å². The number of aromatic nitrogens is 1. The van der Waals surface area contributed by atoms with Crippen LogP contribution in [0.2, 0.25) is 0 Å². The molecule has 1 aromatic rings. The Morgan fingerprint density at radius 1 is 1.92 bits per heavy atom. The molecule has 1 amide bonds. The van der Waals surface area contributed by atoms with Crippen LogP contribution in [0.1, 0.15) is 23.8 Å². The van der Waals surface area contributed by atoms with Crippen molar-refractivity contribution in [2.75, 3.05) is 0 Å². The Hall–Kier alpha value is -1.83. The van der Waals surface area contributed by atoms with Crippen LogP contribution in [0.15, 0.2) is 16.9 Å². The molecule has 0 aliphatic carbocycles. The van der Waals surface area contributed by atoms with Crippen LogP contribution in [0.3, 0.4) is 0 Å². The Morgan fingerprint density at radius 3 is 3.15 bits per heavy atom. The van der Waals surface area contributed by atoms with E-state index >= 15 is 0 Å². The lowest BCUT2D eigenvalue weighted by atomic mass is 10.2. The Labute approximate surface area is 75.3 Å². The van der Waals surface area contributed by atoms with Crippen LogP contribution in [-0.2, 0) is 0 Å². The van der Waals surface area contributed by atoms with E-state index in [0.717, 1.165) is 0 Å². The minimum absolute atomic E-state index is 0.189. The molecule has 0 radical (unpaired) electrons. The zero-order valence-electron chi connectivity index (χ0n) is 7.15. The fraction of sp³-hybridized carbons (Fsp3) is 0.375. The monoisotopic (exact) mass is 179 g/mol. The summed E-state index contributed by atoms with van der Waals surface area (Å²) >= 11 is 0. The summed E-state index contributed by atoms with van der Waals surface area (Å²) in [6.07, 6.45) is 1.88. The van der Waals surface area contributed by atoms with Crippen LogP contribution in [0.25, 0.3) is 0 Å². The summed E-state index contributed by atoms with van der Waals surface area (Å²) in [7, 11) is 0. The van der Waals surface area contributed by atoms with Crippen LogP contribution in [0, 0.1) is 11.3 Å². The van der Waals surface area contributed by atoms with E-state index < -0.39 is 6.04 Å².